The molecule has 1 saturated carbocycles. The van der Waals surface area contributed by atoms with Crippen LogP contribution in [0.25, 0.3) is 0 Å². The lowest BCUT2D eigenvalue weighted by Crippen LogP contribution is -2.38. The summed E-state index contributed by atoms with van der Waals surface area (Å²) in [5.74, 6) is 1.30. The molecule has 3 rings (SSSR count). The van der Waals surface area contributed by atoms with Crippen molar-refractivity contribution in [1.82, 2.24) is 4.90 Å². The second-order valence-corrected chi connectivity index (χ2v) is 6.98. The first kappa shape index (κ1) is 16.0. The molecule has 20 heavy (non-hydrogen) atoms. The predicted molar refractivity (Wildman–Crippen MR) is 91.1 cm³/mol. The summed E-state index contributed by atoms with van der Waals surface area (Å²) in [6.45, 7) is 1.74. The van der Waals surface area contributed by atoms with Crippen LogP contribution < -0.4 is 5.73 Å². The van der Waals surface area contributed by atoms with Gasteiger partial charge in [0.25, 0.3) is 5.91 Å². The molecule has 1 aromatic carbocycles. The number of benzene rings is 1. The van der Waals surface area contributed by atoms with E-state index >= 15 is 0 Å². The highest BCUT2D eigenvalue weighted by Crippen LogP contribution is 2.36. The second-order valence-electron chi connectivity index (χ2n) is 5.74. The number of hydrogen-bond acceptors (Lipinski definition) is 2. The highest BCUT2D eigenvalue weighted by molar-refractivity contribution is 14.1. The Hall–Kier alpha value is -0.330. The molecule has 5 heteroatoms. The van der Waals surface area contributed by atoms with Crippen molar-refractivity contribution in [2.24, 2.45) is 17.6 Å². The van der Waals surface area contributed by atoms with Crippen molar-refractivity contribution in [2.45, 2.75) is 25.3 Å². The number of rotatable bonds is 1. The lowest BCUT2D eigenvalue weighted by atomic mass is 9.78. The lowest BCUT2D eigenvalue weighted by molar-refractivity contribution is 0.0783. The van der Waals surface area contributed by atoms with Crippen LogP contribution in [-0.2, 0) is 0 Å². The van der Waals surface area contributed by atoms with Crippen LogP contribution in [0.1, 0.15) is 29.6 Å². The Balaban J connectivity index is 0.00000147. The zero-order valence-electron chi connectivity index (χ0n) is 11.3. The summed E-state index contributed by atoms with van der Waals surface area (Å²) in [4.78, 5) is 14.5. The smallest absolute Gasteiger partial charge is 0.253 e. The number of likely N-dealkylation sites (tertiary alicyclic amines) is 1. The number of nitrogens with zero attached hydrogens (tertiary/aromatic N) is 1. The zero-order valence-corrected chi connectivity index (χ0v) is 14.3. The van der Waals surface area contributed by atoms with E-state index in [-0.39, 0.29) is 24.4 Å². The Labute approximate surface area is 139 Å². The third kappa shape index (κ3) is 3.12. The molecule has 0 aromatic heterocycles. The maximum atomic E-state index is 12.5. The van der Waals surface area contributed by atoms with Crippen LogP contribution in [0.15, 0.2) is 24.3 Å². The van der Waals surface area contributed by atoms with Crippen molar-refractivity contribution in [2.75, 3.05) is 13.1 Å². The zero-order chi connectivity index (χ0) is 13.4. The van der Waals surface area contributed by atoms with Crippen LogP contribution in [0, 0.1) is 15.4 Å². The quantitative estimate of drug-likeness (QED) is 0.729. The van der Waals surface area contributed by atoms with Gasteiger partial charge < -0.3 is 10.6 Å². The number of amides is 1. The molecule has 2 N–H and O–H groups in total. The van der Waals surface area contributed by atoms with Gasteiger partial charge in [-0.3, -0.25) is 4.79 Å². The number of nitrogens with two attached hydrogens (primary N) is 1. The first-order valence-electron chi connectivity index (χ1n) is 6.95. The van der Waals surface area contributed by atoms with E-state index in [2.05, 4.69) is 22.6 Å². The van der Waals surface area contributed by atoms with Crippen LogP contribution >= 0.6 is 35.0 Å². The Morgan fingerprint density at radius 1 is 1.20 bits per heavy atom. The molecule has 0 radical (unpaired) electrons. The average Bonchev–Trinajstić information content (AvgIpc) is 2.84. The molecular weight excluding hydrogens is 387 g/mol. The van der Waals surface area contributed by atoms with Crippen molar-refractivity contribution in [3.05, 3.63) is 33.4 Å². The van der Waals surface area contributed by atoms with Crippen molar-refractivity contribution >= 4 is 40.9 Å². The van der Waals surface area contributed by atoms with Crippen LogP contribution in [0.4, 0.5) is 0 Å². The van der Waals surface area contributed by atoms with E-state index in [0.717, 1.165) is 28.6 Å². The molecule has 110 valence electrons. The lowest BCUT2D eigenvalue weighted by Gasteiger charge is -2.29. The normalized spacial score (nSPS) is 28.7. The summed E-state index contributed by atoms with van der Waals surface area (Å²) in [5.41, 5.74) is 7.00. The minimum absolute atomic E-state index is 0. The van der Waals surface area contributed by atoms with E-state index in [4.69, 9.17) is 5.73 Å². The molecule has 1 heterocycles. The molecule has 1 aliphatic heterocycles. The van der Waals surface area contributed by atoms with E-state index < -0.39 is 0 Å². The van der Waals surface area contributed by atoms with E-state index in [1.165, 1.54) is 12.8 Å². The Morgan fingerprint density at radius 3 is 2.55 bits per heavy atom. The molecule has 3 unspecified atom stereocenters. The molecule has 1 aromatic rings. The van der Waals surface area contributed by atoms with Crippen molar-refractivity contribution < 1.29 is 4.79 Å². The van der Waals surface area contributed by atoms with Crippen molar-refractivity contribution in [1.29, 1.82) is 0 Å². The van der Waals surface area contributed by atoms with E-state index in [1.54, 1.807) is 0 Å². The van der Waals surface area contributed by atoms with Crippen LogP contribution in [0.3, 0.4) is 0 Å². The second kappa shape index (κ2) is 6.62. The minimum atomic E-state index is 0. The molecule has 2 fully saturated rings. The molecule has 2 aliphatic rings. The van der Waals surface area contributed by atoms with Gasteiger partial charge in [-0.2, -0.15) is 0 Å². The molecule has 0 spiro atoms. The maximum Gasteiger partial charge on any atom is 0.253 e. The minimum Gasteiger partial charge on any atom is -0.338 e. The number of hydrogen-bond donors (Lipinski definition) is 1. The highest BCUT2D eigenvalue weighted by Gasteiger charge is 2.40. The standard InChI is InChI=1S/C15H19IN2O.ClH/c16-12-6-4-10(5-7-12)15(19)18-8-11-2-1-3-14(17)13(11)9-18;/h4-7,11,13-14H,1-3,8-9,17H2;1H. The SMILES string of the molecule is Cl.NC1CCCC2CN(C(=O)c3ccc(I)cc3)CC12. The summed E-state index contributed by atoms with van der Waals surface area (Å²) in [5, 5.41) is 0. The Kier molecular flexibility index (Phi) is 5.31. The average molecular weight is 407 g/mol. The van der Waals surface area contributed by atoms with Gasteiger partial charge in [-0.25, -0.2) is 0 Å². The van der Waals surface area contributed by atoms with E-state index in [0.29, 0.717) is 11.8 Å². The Morgan fingerprint density at radius 2 is 1.90 bits per heavy atom. The molecule has 3 atom stereocenters. The summed E-state index contributed by atoms with van der Waals surface area (Å²) >= 11 is 2.26. The fourth-order valence-corrected chi connectivity index (χ4v) is 3.82. The molecule has 0 bridgehead atoms. The fraction of sp³-hybridized carbons (Fsp3) is 0.533. The van der Waals surface area contributed by atoms with Crippen molar-refractivity contribution in [3.8, 4) is 0 Å². The van der Waals surface area contributed by atoms with Gasteiger partial charge in [0, 0.05) is 28.3 Å². The topological polar surface area (TPSA) is 46.3 Å². The van der Waals surface area contributed by atoms with Crippen LogP contribution in [-0.4, -0.2) is 29.9 Å². The van der Waals surface area contributed by atoms with Crippen LogP contribution in [0.5, 0.6) is 0 Å². The summed E-state index contributed by atoms with van der Waals surface area (Å²) in [7, 11) is 0. The Bertz CT molecular complexity index is 479. The first-order valence-corrected chi connectivity index (χ1v) is 8.03. The first-order chi connectivity index (χ1) is 9.15. The van der Waals surface area contributed by atoms with E-state index in [9.17, 15) is 4.79 Å². The van der Waals surface area contributed by atoms with E-state index in [1.807, 2.05) is 29.2 Å². The van der Waals surface area contributed by atoms with Crippen molar-refractivity contribution in [3.63, 3.8) is 0 Å². The molecule has 1 saturated heterocycles. The van der Waals surface area contributed by atoms with Gasteiger partial charge in [-0.1, -0.05) is 6.42 Å². The molecule has 3 nitrogen and oxygen atoms in total. The van der Waals surface area contributed by atoms with Gasteiger partial charge in [0.15, 0.2) is 0 Å². The van der Waals surface area contributed by atoms with Gasteiger partial charge in [0.05, 0.1) is 0 Å². The maximum absolute atomic E-state index is 12.5. The largest absolute Gasteiger partial charge is 0.338 e. The van der Waals surface area contributed by atoms with Gasteiger partial charge in [0.1, 0.15) is 0 Å². The summed E-state index contributed by atoms with van der Waals surface area (Å²) in [6.07, 6.45) is 3.56. The highest BCUT2D eigenvalue weighted by atomic mass is 127. The monoisotopic (exact) mass is 406 g/mol. The molecule has 1 aliphatic carbocycles. The third-order valence-electron chi connectivity index (χ3n) is 4.53. The third-order valence-corrected chi connectivity index (χ3v) is 5.25. The summed E-state index contributed by atoms with van der Waals surface area (Å²) in [6, 6.07) is 8.11. The van der Waals surface area contributed by atoms with Gasteiger partial charge in [-0.15, -0.1) is 12.4 Å². The van der Waals surface area contributed by atoms with Gasteiger partial charge in [0.2, 0.25) is 0 Å². The summed E-state index contributed by atoms with van der Waals surface area (Å²) < 4.78 is 1.16. The van der Waals surface area contributed by atoms with Gasteiger partial charge >= 0.3 is 0 Å². The number of halogens is 2. The number of carbonyl (C=O) groups is 1. The number of fused-ring (bicyclic) bond motifs is 1. The predicted octanol–water partition coefficient (Wildman–Crippen LogP) is 2.91. The van der Waals surface area contributed by atoms with Crippen LogP contribution in [0.2, 0.25) is 0 Å². The number of carbonyl (C=O) groups excluding carboxylic acids is 1. The fourth-order valence-electron chi connectivity index (χ4n) is 3.46. The van der Waals surface area contributed by atoms with Gasteiger partial charge in [-0.05, 0) is 71.5 Å². The molecule has 1 amide bonds. The molecular formula is C15H20ClIN2O.